The third-order valence-electron chi connectivity index (χ3n) is 4.32. The van der Waals surface area contributed by atoms with Gasteiger partial charge in [0.25, 0.3) is 0 Å². The van der Waals surface area contributed by atoms with Crippen LogP contribution in [0.4, 0.5) is 0 Å². The Kier molecular flexibility index (Phi) is 3.21. The molecule has 1 nitrogen and oxygen atoms in total. The molecule has 0 unspecified atom stereocenters. The maximum Gasteiger partial charge on any atom is 0.192 e. The third-order valence-corrected chi connectivity index (χ3v) is 8.81. The fourth-order valence-electron chi connectivity index (χ4n) is 2.17. The van der Waals surface area contributed by atoms with E-state index in [1.807, 2.05) is 0 Å². The van der Waals surface area contributed by atoms with E-state index in [2.05, 4.69) is 58.1 Å². The van der Waals surface area contributed by atoms with Crippen LogP contribution in [0.3, 0.4) is 0 Å². The van der Waals surface area contributed by atoms with Crippen LogP contribution in [0.5, 0.6) is 0 Å². The number of hydrogen-bond acceptors (Lipinski definition) is 1. The van der Waals surface area contributed by atoms with Gasteiger partial charge in [-0.05, 0) is 42.1 Å². The highest BCUT2D eigenvalue weighted by Crippen LogP contribution is 2.43. The first-order valence-corrected chi connectivity index (χ1v) is 9.48. The molecule has 17 heavy (non-hydrogen) atoms. The lowest BCUT2D eigenvalue weighted by Gasteiger charge is -2.38. The molecular weight excluding hydrogens is 224 g/mol. The zero-order valence-electron chi connectivity index (χ0n) is 11.7. The molecule has 0 saturated carbocycles. The fourth-order valence-corrected chi connectivity index (χ4v) is 3.48. The average Bonchev–Trinajstić information content (AvgIpc) is 2.60. The Labute approximate surface area is 106 Å². The van der Waals surface area contributed by atoms with E-state index in [1.54, 1.807) is 0 Å². The molecule has 0 bridgehead atoms. The van der Waals surface area contributed by atoms with Crippen molar-refractivity contribution >= 4 is 8.32 Å². The molecule has 0 spiro atoms. The summed E-state index contributed by atoms with van der Waals surface area (Å²) in [6.07, 6.45) is 2.67. The molecule has 0 amide bonds. The van der Waals surface area contributed by atoms with Gasteiger partial charge in [-0.1, -0.05) is 45.0 Å². The largest absolute Gasteiger partial charge is 0.410 e. The highest BCUT2D eigenvalue weighted by molar-refractivity contribution is 6.74. The van der Waals surface area contributed by atoms with Gasteiger partial charge < -0.3 is 4.43 Å². The van der Waals surface area contributed by atoms with Crippen molar-refractivity contribution in [2.45, 2.75) is 57.8 Å². The van der Waals surface area contributed by atoms with Gasteiger partial charge >= 0.3 is 0 Å². The molecule has 1 aliphatic carbocycles. The van der Waals surface area contributed by atoms with Crippen LogP contribution in [0.25, 0.3) is 0 Å². The average molecular weight is 248 g/mol. The smallest absolute Gasteiger partial charge is 0.192 e. The van der Waals surface area contributed by atoms with Crippen molar-refractivity contribution in [3.8, 4) is 0 Å². The van der Waals surface area contributed by atoms with Crippen LogP contribution >= 0.6 is 0 Å². The van der Waals surface area contributed by atoms with E-state index in [-0.39, 0.29) is 0 Å². The molecule has 2 rings (SSSR count). The lowest BCUT2D eigenvalue weighted by atomic mass is 10.1. The summed E-state index contributed by atoms with van der Waals surface area (Å²) in [5, 5.41) is 0.296. The second-order valence-corrected chi connectivity index (χ2v) is 11.4. The number of fused-ring (bicyclic) bond motifs is 1. The summed E-state index contributed by atoms with van der Waals surface area (Å²) in [6, 6.07) is 8.74. The SMILES string of the molecule is CC(C)(C)[Si](C)(C)O[C@H]1CCc2ccccc21. The number of aryl methyl sites for hydroxylation is 1. The topological polar surface area (TPSA) is 9.23 Å². The van der Waals surface area contributed by atoms with Crippen molar-refractivity contribution in [2.24, 2.45) is 0 Å². The predicted octanol–water partition coefficient (Wildman–Crippen LogP) is 4.70. The van der Waals surface area contributed by atoms with Gasteiger partial charge in [-0.25, -0.2) is 0 Å². The molecule has 0 radical (unpaired) electrons. The van der Waals surface area contributed by atoms with Gasteiger partial charge in [0.2, 0.25) is 0 Å². The van der Waals surface area contributed by atoms with Gasteiger partial charge in [-0.15, -0.1) is 0 Å². The minimum atomic E-state index is -1.64. The van der Waals surface area contributed by atoms with Gasteiger partial charge in [0.05, 0.1) is 6.10 Å². The first-order valence-electron chi connectivity index (χ1n) is 6.57. The van der Waals surface area contributed by atoms with E-state index < -0.39 is 8.32 Å². The monoisotopic (exact) mass is 248 g/mol. The Bertz CT molecular complexity index is 404. The highest BCUT2D eigenvalue weighted by Gasteiger charge is 2.40. The quantitative estimate of drug-likeness (QED) is 0.690. The summed E-state index contributed by atoms with van der Waals surface area (Å²) >= 11 is 0. The van der Waals surface area contributed by atoms with Gasteiger partial charge in [-0.2, -0.15) is 0 Å². The normalized spacial score (nSPS) is 20.4. The van der Waals surface area contributed by atoms with Crippen molar-refractivity contribution < 1.29 is 4.43 Å². The van der Waals surface area contributed by atoms with Crippen molar-refractivity contribution in [3.63, 3.8) is 0 Å². The molecule has 94 valence electrons. The molecule has 0 fully saturated rings. The number of hydrogen-bond donors (Lipinski definition) is 0. The van der Waals surface area contributed by atoms with Gasteiger partial charge in [0.1, 0.15) is 0 Å². The lowest BCUT2D eigenvalue weighted by Crippen LogP contribution is -2.41. The van der Waals surface area contributed by atoms with Gasteiger partial charge in [0, 0.05) is 0 Å². The summed E-state index contributed by atoms with van der Waals surface area (Å²) in [6.45, 7) is 11.6. The van der Waals surface area contributed by atoms with Crippen molar-refractivity contribution in [1.29, 1.82) is 0 Å². The zero-order chi connectivity index (χ0) is 12.7. The summed E-state index contributed by atoms with van der Waals surface area (Å²) in [7, 11) is -1.64. The van der Waals surface area contributed by atoms with Gasteiger partial charge in [0.15, 0.2) is 8.32 Å². The summed E-state index contributed by atoms with van der Waals surface area (Å²) in [4.78, 5) is 0. The molecule has 0 saturated heterocycles. The molecule has 0 aliphatic heterocycles. The molecule has 0 N–H and O–H groups in total. The van der Waals surface area contributed by atoms with Crippen LogP contribution in [-0.2, 0) is 10.8 Å². The van der Waals surface area contributed by atoms with E-state index in [0.717, 1.165) is 6.42 Å². The van der Waals surface area contributed by atoms with E-state index >= 15 is 0 Å². The molecular formula is C15H24OSi. The maximum atomic E-state index is 6.53. The van der Waals surface area contributed by atoms with Crippen LogP contribution in [0, 0.1) is 0 Å². The molecule has 0 aromatic heterocycles. The number of rotatable bonds is 2. The van der Waals surface area contributed by atoms with Crippen molar-refractivity contribution in [3.05, 3.63) is 35.4 Å². The predicted molar refractivity (Wildman–Crippen MR) is 75.8 cm³/mol. The van der Waals surface area contributed by atoms with Crippen LogP contribution < -0.4 is 0 Å². The van der Waals surface area contributed by atoms with Crippen LogP contribution in [0.15, 0.2) is 24.3 Å². The Hall–Kier alpha value is -0.603. The molecule has 0 heterocycles. The molecule has 1 atom stereocenters. The zero-order valence-corrected chi connectivity index (χ0v) is 12.7. The summed E-state index contributed by atoms with van der Waals surface area (Å²) in [5.74, 6) is 0. The van der Waals surface area contributed by atoms with Crippen LogP contribution in [0.2, 0.25) is 18.1 Å². The molecule has 1 aromatic rings. The Morgan fingerprint density at radius 1 is 1.18 bits per heavy atom. The highest BCUT2D eigenvalue weighted by atomic mass is 28.4. The number of benzene rings is 1. The van der Waals surface area contributed by atoms with E-state index in [1.165, 1.54) is 17.5 Å². The fraction of sp³-hybridized carbons (Fsp3) is 0.600. The summed E-state index contributed by atoms with van der Waals surface area (Å²) < 4.78 is 6.53. The van der Waals surface area contributed by atoms with E-state index in [0.29, 0.717) is 11.1 Å². The maximum absolute atomic E-state index is 6.53. The molecule has 2 heteroatoms. The minimum absolute atomic E-state index is 0.296. The van der Waals surface area contributed by atoms with Crippen molar-refractivity contribution in [2.75, 3.05) is 0 Å². The van der Waals surface area contributed by atoms with Gasteiger partial charge in [-0.3, -0.25) is 0 Å². The minimum Gasteiger partial charge on any atom is -0.410 e. The first kappa shape index (κ1) is 12.8. The first-order chi connectivity index (χ1) is 7.81. The lowest BCUT2D eigenvalue weighted by molar-refractivity contribution is 0.185. The van der Waals surface area contributed by atoms with Crippen LogP contribution in [0.1, 0.15) is 44.4 Å². The van der Waals surface area contributed by atoms with E-state index in [4.69, 9.17) is 4.43 Å². The Morgan fingerprint density at radius 3 is 2.47 bits per heavy atom. The third kappa shape index (κ3) is 2.48. The van der Waals surface area contributed by atoms with Crippen molar-refractivity contribution in [1.82, 2.24) is 0 Å². The summed E-state index contributed by atoms with van der Waals surface area (Å²) in [5.41, 5.74) is 2.91. The second kappa shape index (κ2) is 4.25. The Morgan fingerprint density at radius 2 is 1.82 bits per heavy atom. The van der Waals surface area contributed by atoms with Crippen LogP contribution in [-0.4, -0.2) is 8.32 Å². The van der Waals surface area contributed by atoms with E-state index in [9.17, 15) is 0 Å². The molecule has 1 aromatic carbocycles. The Balaban J connectivity index is 2.18. The standard InChI is InChI=1S/C15H24OSi/c1-15(2,3)17(4,5)16-14-11-10-12-8-6-7-9-13(12)14/h6-9,14H,10-11H2,1-5H3/t14-/m0/s1. The second-order valence-electron chi connectivity index (χ2n) is 6.60. The molecule has 1 aliphatic rings.